The minimum absolute atomic E-state index is 0.349. The van der Waals surface area contributed by atoms with Crippen molar-refractivity contribution >= 4 is 64.7 Å². The zero-order valence-corrected chi connectivity index (χ0v) is 27.9. The number of nitrogens with zero attached hydrogens (tertiary/aromatic N) is 2. The SMILES string of the molecule is C1=C(c2ccc(-c3ccccc3)cc2)N[C@@H](n2c3ccccc3c3cc(-c4cccc5c4sc4ccccc45)ccc32)N=C1c1ccccc1. The van der Waals surface area contributed by atoms with Crippen molar-refractivity contribution < 1.29 is 0 Å². The van der Waals surface area contributed by atoms with Gasteiger partial charge in [0.05, 0.1) is 16.7 Å². The first-order valence-corrected chi connectivity index (χ1v) is 17.8. The number of nitrogens with one attached hydrogen (secondary N) is 1. The quantitative estimate of drug-likeness (QED) is 0.196. The van der Waals surface area contributed by atoms with Crippen LogP contribution in [0.25, 0.3) is 69.9 Å². The maximum absolute atomic E-state index is 5.38. The number of hydrogen-bond acceptors (Lipinski definition) is 3. The van der Waals surface area contributed by atoms with E-state index in [1.165, 1.54) is 53.2 Å². The fraction of sp³-hybridized carbons (Fsp3) is 0.0217. The molecule has 3 heterocycles. The highest BCUT2D eigenvalue weighted by Crippen LogP contribution is 2.42. The average Bonchev–Trinajstić information content (AvgIpc) is 3.74. The molecule has 0 amide bonds. The normalized spacial score (nSPS) is 14.6. The van der Waals surface area contributed by atoms with Gasteiger partial charge in [-0.15, -0.1) is 11.3 Å². The van der Waals surface area contributed by atoms with Gasteiger partial charge in [0.2, 0.25) is 6.29 Å². The van der Waals surface area contributed by atoms with Crippen LogP contribution in [0.15, 0.2) is 181 Å². The topological polar surface area (TPSA) is 29.3 Å². The Hall–Kier alpha value is -6.23. The van der Waals surface area contributed by atoms with Crippen LogP contribution in [0, 0.1) is 0 Å². The Morgan fingerprint density at radius 1 is 0.480 bits per heavy atom. The fourth-order valence-corrected chi connectivity index (χ4v) is 8.69. The Morgan fingerprint density at radius 3 is 1.92 bits per heavy atom. The molecule has 1 N–H and O–H groups in total. The molecule has 4 heteroatoms. The first-order chi connectivity index (χ1) is 24.8. The predicted molar refractivity (Wildman–Crippen MR) is 213 cm³/mol. The van der Waals surface area contributed by atoms with Crippen LogP contribution >= 0.6 is 11.3 Å². The fourth-order valence-electron chi connectivity index (χ4n) is 7.46. The summed E-state index contributed by atoms with van der Waals surface area (Å²) < 4.78 is 5.01. The summed E-state index contributed by atoms with van der Waals surface area (Å²) in [6.45, 7) is 0. The second-order valence-electron chi connectivity index (χ2n) is 12.8. The molecular weight excluding hydrogens is 627 g/mol. The number of rotatable bonds is 5. The molecule has 1 atom stereocenters. The number of hydrogen-bond donors (Lipinski definition) is 1. The zero-order valence-electron chi connectivity index (χ0n) is 27.1. The van der Waals surface area contributed by atoms with Gasteiger partial charge >= 0.3 is 0 Å². The lowest BCUT2D eigenvalue weighted by Crippen LogP contribution is -2.29. The standard InChI is InChI=1S/C46H31N3S/c1-3-12-30(13-4-1)31-22-24-33(25-23-31)41-29-40(32-14-5-2-6-15-32)47-46(48-41)49-42-20-9-7-16-36(42)39-28-34(26-27-43(39)49)35-18-11-19-38-37-17-8-10-21-44(37)50-45(35)38/h1-29,46,48H/t46-/m0/s1. The first kappa shape index (κ1) is 28.8. The van der Waals surface area contributed by atoms with E-state index in [0.717, 1.165) is 33.6 Å². The van der Waals surface area contributed by atoms with Gasteiger partial charge in [0, 0.05) is 36.6 Å². The van der Waals surface area contributed by atoms with Crippen molar-refractivity contribution in [3.05, 3.63) is 187 Å². The molecule has 0 bridgehead atoms. The monoisotopic (exact) mass is 657 g/mol. The third-order valence-electron chi connectivity index (χ3n) is 9.87. The largest absolute Gasteiger partial charge is 0.346 e. The summed E-state index contributed by atoms with van der Waals surface area (Å²) in [5, 5.41) is 8.91. The van der Waals surface area contributed by atoms with Crippen molar-refractivity contribution in [1.29, 1.82) is 0 Å². The molecule has 2 aromatic heterocycles. The van der Waals surface area contributed by atoms with E-state index in [-0.39, 0.29) is 6.29 Å². The second kappa shape index (κ2) is 11.7. The predicted octanol–water partition coefficient (Wildman–Crippen LogP) is 12.1. The van der Waals surface area contributed by atoms with Gasteiger partial charge in [-0.25, -0.2) is 4.99 Å². The summed E-state index contributed by atoms with van der Waals surface area (Å²) in [6, 6.07) is 60.9. The lowest BCUT2D eigenvalue weighted by atomic mass is 10.0. The van der Waals surface area contributed by atoms with Crippen molar-refractivity contribution in [2.45, 2.75) is 6.29 Å². The van der Waals surface area contributed by atoms with E-state index in [1.807, 2.05) is 11.3 Å². The Morgan fingerprint density at radius 2 is 1.10 bits per heavy atom. The molecule has 1 aliphatic heterocycles. The molecular formula is C46H31N3S. The molecule has 0 aliphatic carbocycles. The maximum atomic E-state index is 5.38. The van der Waals surface area contributed by atoms with Crippen LogP contribution in [-0.4, -0.2) is 10.3 Å². The molecule has 9 aromatic rings. The summed E-state index contributed by atoms with van der Waals surface area (Å²) in [6.07, 6.45) is 1.83. The smallest absolute Gasteiger partial charge is 0.201 e. The summed E-state index contributed by atoms with van der Waals surface area (Å²) in [5.74, 6) is 0. The van der Waals surface area contributed by atoms with E-state index >= 15 is 0 Å². The third kappa shape index (κ3) is 4.76. The Labute approximate surface area is 294 Å². The minimum atomic E-state index is -0.349. The third-order valence-corrected chi connectivity index (χ3v) is 11.1. The van der Waals surface area contributed by atoms with Crippen LogP contribution in [0.2, 0.25) is 0 Å². The molecule has 0 spiro atoms. The van der Waals surface area contributed by atoms with E-state index in [4.69, 9.17) is 4.99 Å². The highest BCUT2D eigenvalue weighted by atomic mass is 32.1. The van der Waals surface area contributed by atoms with Crippen molar-refractivity contribution in [3.63, 3.8) is 0 Å². The van der Waals surface area contributed by atoms with Gasteiger partial charge in [0.25, 0.3) is 0 Å². The number of benzene rings is 7. The highest BCUT2D eigenvalue weighted by Gasteiger charge is 2.24. The number of aromatic nitrogens is 1. The van der Waals surface area contributed by atoms with Crippen LogP contribution < -0.4 is 5.32 Å². The molecule has 236 valence electrons. The van der Waals surface area contributed by atoms with Crippen molar-refractivity contribution in [2.75, 3.05) is 0 Å². The molecule has 3 nitrogen and oxygen atoms in total. The van der Waals surface area contributed by atoms with Crippen molar-refractivity contribution in [1.82, 2.24) is 9.88 Å². The summed E-state index contributed by atoms with van der Waals surface area (Å²) in [5.41, 5.74) is 11.4. The summed E-state index contributed by atoms with van der Waals surface area (Å²) in [7, 11) is 0. The van der Waals surface area contributed by atoms with Crippen LogP contribution in [0.4, 0.5) is 0 Å². The van der Waals surface area contributed by atoms with Gasteiger partial charge in [-0.2, -0.15) is 0 Å². The summed E-state index contributed by atoms with van der Waals surface area (Å²) >= 11 is 1.88. The Kier molecular flexibility index (Phi) is 6.74. The number of aliphatic imine (C=N–C) groups is 1. The van der Waals surface area contributed by atoms with Crippen LogP contribution in [0.1, 0.15) is 17.4 Å². The van der Waals surface area contributed by atoms with E-state index in [2.05, 4.69) is 186 Å². The van der Waals surface area contributed by atoms with Gasteiger partial charge in [0.15, 0.2) is 0 Å². The average molecular weight is 658 g/mol. The van der Waals surface area contributed by atoms with Gasteiger partial charge < -0.3 is 9.88 Å². The van der Waals surface area contributed by atoms with Crippen molar-refractivity contribution in [2.24, 2.45) is 4.99 Å². The molecule has 1 aliphatic rings. The van der Waals surface area contributed by atoms with Gasteiger partial charge in [-0.1, -0.05) is 146 Å². The maximum Gasteiger partial charge on any atom is 0.201 e. The highest BCUT2D eigenvalue weighted by molar-refractivity contribution is 7.26. The first-order valence-electron chi connectivity index (χ1n) is 17.0. The van der Waals surface area contributed by atoms with E-state index in [1.54, 1.807) is 0 Å². The molecule has 0 fully saturated rings. The summed E-state index contributed by atoms with van der Waals surface area (Å²) in [4.78, 5) is 5.38. The van der Waals surface area contributed by atoms with Gasteiger partial charge in [-0.3, -0.25) is 0 Å². The molecule has 7 aromatic carbocycles. The second-order valence-corrected chi connectivity index (χ2v) is 13.9. The van der Waals surface area contributed by atoms with E-state index in [9.17, 15) is 0 Å². The van der Waals surface area contributed by atoms with Crippen LogP contribution in [-0.2, 0) is 0 Å². The van der Waals surface area contributed by atoms with Gasteiger partial charge in [-0.05, 0) is 63.7 Å². The lowest BCUT2D eigenvalue weighted by Gasteiger charge is -2.27. The van der Waals surface area contributed by atoms with Gasteiger partial charge in [0.1, 0.15) is 0 Å². The number of thiophene rings is 1. The molecule has 0 radical (unpaired) electrons. The molecule has 0 unspecified atom stereocenters. The van der Waals surface area contributed by atoms with E-state index < -0.39 is 0 Å². The minimum Gasteiger partial charge on any atom is -0.346 e. The van der Waals surface area contributed by atoms with Crippen LogP contribution in [0.5, 0.6) is 0 Å². The van der Waals surface area contributed by atoms with E-state index in [0.29, 0.717) is 0 Å². The number of para-hydroxylation sites is 1. The lowest BCUT2D eigenvalue weighted by molar-refractivity contribution is 0.508. The Bertz CT molecular complexity index is 2770. The molecule has 50 heavy (non-hydrogen) atoms. The molecule has 10 rings (SSSR count). The zero-order chi connectivity index (χ0) is 33.0. The Balaban J connectivity index is 1.11. The molecule has 0 saturated carbocycles. The van der Waals surface area contributed by atoms with Crippen molar-refractivity contribution in [3.8, 4) is 22.3 Å². The molecule has 0 saturated heterocycles. The number of allylic oxidation sites excluding steroid dienone is 1. The van der Waals surface area contributed by atoms with Crippen LogP contribution in [0.3, 0.4) is 0 Å². The number of fused-ring (bicyclic) bond motifs is 6.